The van der Waals surface area contributed by atoms with Crippen LogP contribution in [-0.2, 0) is 6.61 Å². The highest BCUT2D eigenvalue weighted by atomic mass is 35.5. The molecule has 5 heteroatoms. The molecule has 0 bridgehead atoms. The van der Waals surface area contributed by atoms with E-state index in [1.165, 1.54) is 6.07 Å². The number of carbonyl (C=O) groups is 1. The molecule has 2 aromatic carbocycles. The highest BCUT2D eigenvalue weighted by molar-refractivity contribution is 6.37. The number of nitrogens with one attached hydrogen (secondary N) is 1. The number of anilines is 1. The van der Waals surface area contributed by atoms with E-state index in [2.05, 4.69) is 5.32 Å². The Bertz CT molecular complexity index is 597. The predicted molar refractivity (Wildman–Crippen MR) is 76.8 cm³/mol. The second-order valence-corrected chi connectivity index (χ2v) is 4.78. The Balaban J connectivity index is 2.15. The van der Waals surface area contributed by atoms with E-state index >= 15 is 0 Å². The Hall–Kier alpha value is -1.55. The van der Waals surface area contributed by atoms with Gasteiger partial charge in [-0.2, -0.15) is 0 Å². The lowest BCUT2D eigenvalue weighted by atomic mass is 10.2. The fourth-order valence-corrected chi connectivity index (χ4v) is 2.06. The second kappa shape index (κ2) is 6.06. The van der Waals surface area contributed by atoms with Crippen molar-refractivity contribution in [3.05, 3.63) is 63.6 Å². The molecule has 0 aliphatic carbocycles. The number of hydrogen-bond acceptors (Lipinski definition) is 2. The smallest absolute Gasteiger partial charge is 0.257 e. The Morgan fingerprint density at radius 3 is 2.37 bits per heavy atom. The van der Waals surface area contributed by atoms with Crippen molar-refractivity contribution in [1.29, 1.82) is 0 Å². The van der Waals surface area contributed by atoms with Crippen molar-refractivity contribution in [3.8, 4) is 0 Å². The zero-order valence-electron chi connectivity index (χ0n) is 9.86. The van der Waals surface area contributed by atoms with E-state index in [0.29, 0.717) is 21.3 Å². The van der Waals surface area contributed by atoms with Crippen LogP contribution in [0.2, 0.25) is 10.0 Å². The van der Waals surface area contributed by atoms with Crippen molar-refractivity contribution in [2.45, 2.75) is 6.61 Å². The van der Waals surface area contributed by atoms with E-state index in [9.17, 15) is 4.79 Å². The van der Waals surface area contributed by atoms with Gasteiger partial charge in [-0.3, -0.25) is 4.79 Å². The average molecular weight is 296 g/mol. The molecule has 0 aromatic heterocycles. The van der Waals surface area contributed by atoms with Crippen LogP contribution in [0.25, 0.3) is 0 Å². The van der Waals surface area contributed by atoms with E-state index in [1.807, 2.05) is 0 Å². The maximum Gasteiger partial charge on any atom is 0.257 e. The van der Waals surface area contributed by atoms with Gasteiger partial charge >= 0.3 is 0 Å². The molecule has 0 aliphatic rings. The number of benzene rings is 2. The number of rotatable bonds is 3. The third-order valence-corrected chi connectivity index (χ3v) is 3.12. The molecule has 3 nitrogen and oxygen atoms in total. The zero-order valence-corrected chi connectivity index (χ0v) is 11.4. The molecule has 0 saturated heterocycles. The first kappa shape index (κ1) is 13.9. The summed E-state index contributed by atoms with van der Waals surface area (Å²) in [5.41, 5.74) is 1.77. The average Bonchev–Trinajstić information content (AvgIpc) is 2.39. The number of amides is 1. The summed E-state index contributed by atoms with van der Waals surface area (Å²) >= 11 is 11.7. The van der Waals surface area contributed by atoms with Gasteiger partial charge in [-0.1, -0.05) is 35.3 Å². The lowest BCUT2D eigenvalue weighted by molar-refractivity contribution is 0.102. The highest BCUT2D eigenvalue weighted by Gasteiger charge is 2.10. The molecule has 1 amide bonds. The van der Waals surface area contributed by atoms with Crippen LogP contribution < -0.4 is 5.32 Å². The molecule has 0 heterocycles. The molecule has 19 heavy (non-hydrogen) atoms. The van der Waals surface area contributed by atoms with E-state index < -0.39 is 0 Å². The third-order valence-electron chi connectivity index (χ3n) is 2.57. The highest BCUT2D eigenvalue weighted by Crippen LogP contribution is 2.22. The van der Waals surface area contributed by atoms with Gasteiger partial charge in [0.15, 0.2) is 0 Å². The van der Waals surface area contributed by atoms with Crippen LogP contribution >= 0.6 is 23.2 Å². The van der Waals surface area contributed by atoms with Crippen molar-refractivity contribution < 1.29 is 9.90 Å². The maximum atomic E-state index is 12.0. The SMILES string of the molecule is O=C(Nc1ccc(CO)cc1)c1ccc(Cl)cc1Cl. The quantitative estimate of drug-likeness (QED) is 0.906. The van der Waals surface area contributed by atoms with Crippen LogP contribution in [0.5, 0.6) is 0 Å². The van der Waals surface area contributed by atoms with Crippen LogP contribution in [0.4, 0.5) is 5.69 Å². The monoisotopic (exact) mass is 295 g/mol. The summed E-state index contributed by atoms with van der Waals surface area (Å²) in [6.07, 6.45) is 0. The molecule has 2 rings (SSSR count). The van der Waals surface area contributed by atoms with Crippen LogP contribution in [0.3, 0.4) is 0 Å². The van der Waals surface area contributed by atoms with Gasteiger partial charge in [-0.15, -0.1) is 0 Å². The van der Waals surface area contributed by atoms with Gasteiger partial charge < -0.3 is 10.4 Å². The molecule has 0 atom stereocenters. The van der Waals surface area contributed by atoms with Gasteiger partial charge in [0.1, 0.15) is 0 Å². The van der Waals surface area contributed by atoms with Crippen LogP contribution in [0, 0.1) is 0 Å². The number of halogens is 2. The molecule has 0 radical (unpaired) electrons. The van der Waals surface area contributed by atoms with Crippen molar-refractivity contribution in [3.63, 3.8) is 0 Å². The summed E-state index contributed by atoms with van der Waals surface area (Å²) in [4.78, 5) is 12.0. The fraction of sp³-hybridized carbons (Fsp3) is 0.0714. The molecule has 2 aromatic rings. The summed E-state index contributed by atoms with van der Waals surface area (Å²) in [5.74, 6) is -0.307. The Morgan fingerprint density at radius 1 is 1.11 bits per heavy atom. The lowest BCUT2D eigenvalue weighted by Crippen LogP contribution is -2.12. The lowest BCUT2D eigenvalue weighted by Gasteiger charge is -2.07. The molecular weight excluding hydrogens is 285 g/mol. The first-order valence-corrected chi connectivity index (χ1v) is 6.32. The summed E-state index contributed by atoms with van der Waals surface area (Å²) < 4.78 is 0. The summed E-state index contributed by atoms with van der Waals surface area (Å²) in [6, 6.07) is 11.6. The van der Waals surface area contributed by atoms with Crippen LogP contribution in [0.15, 0.2) is 42.5 Å². The van der Waals surface area contributed by atoms with E-state index in [4.69, 9.17) is 28.3 Å². The van der Waals surface area contributed by atoms with Gasteiger partial charge in [-0.05, 0) is 35.9 Å². The Morgan fingerprint density at radius 2 is 1.79 bits per heavy atom. The molecule has 0 saturated carbocycles. The zero-order chi connectivity index (χ0) is 13.8. The van der Waals surface area contributed by atoms with Crippen molar-refractivity contribution >= 4 is 34.8 Å². The van der Waals surface area contributed by atoms with Gasteiger partial charge in [0, 0.05) is 10.7 Å². The molecule has 2 N–H and O–H groups in total. The molecular formula is C14H11Cl2NO2. The molecule has 98 valence electrons. The van der Waals surface area contributed by atoms with Crippen molar-refractivity contribution in [2.24, 2.45) is 0 Å². The topological polar surface area (TPSA) is 49.3 Å². The molecule has 0 unspecified atom stereocenters. The minimum atomic E-state index is -0.307. The predicted octanol–water partition coefficient (Wildman–Crippen LogP) is 3.74. The fourth-order valence-electron chi connectivity index (χ4n) is 1.57. The van der Waals surface area contributed by atoms with E-state index in [0.717, 1.165) is 5.56 Å². The minimum absolute atomic E-state index is 0.0305. The molecule has 0 aliphatic heterocycles. The standard InChI is InChI=1S/C14H11Cl2NO2/c15-10-3-6-12(13(16)7-10)14(19)17-11-4-1-9(8-18)2-5-11/h1-7,18H,8H2,(H,17,19). The van der Waals surface area contributed by atoms with Gasteiger partial charge in [0.25, 0.3) is 5.91 Å². The van der Waals surface area contributed by atoms with Crippen LogP contribution in [-0.4, -0.2) is 11.0 Å². The largest absolute Gasteiger partial charge is 0.392 e. The Labute approximate surface area is 120 Å². The normalized spacial score (nSPS) is 10.3. The van der Waals surface area contributed by atoms with Crippen LogP contribution in [0.1, 0.15) is 15.9 Å². The summed E-state index contributed by atoms with van der Waals surface area (Å²) in [7, 11) is 0. The first-order chi connectivity index (χ1) is 9.10. The third kappa shape index (κ3) is 3.47. The van der Waals surface area contributed by atoms with E-state index in [-0.39, 0.29) is 12.5 Å². The van der Waals surface area contributed by atoms with Crippen molar-refractivity contribution in [1.82, 2.24) is 0 Å². The van der Waals surface area contributed by atoms with Crippen molar-refractivity contribution in [2.75, 3.05) is 5.32 Å². The summed E-state index contributed by atoms with van der Waals surface area (Å²) in [6.45, 7) is -0.0305. The van der Waals surface area contributed by atoms with Gasteiger partial charge in [0.2, 0.25) is 0 Å². The number of aliphatic hydroxyl groups is 1. The minimum Gasteiger partial charge on any atom is -0.392 e. The molecule has 0 fully saturated rings. The number of aliphatic hydroxyl groups excluding tert-OH is 1. The number of carbonyl (C=O) groups excluding carboxylic acids is 1. The second-order valence-electron chi connectivity index (χ2n) is 3.93. The first-order valence-electron chi connectivity index (χ1n) is 5.56. The van der Waals surface area contributed by atoms with Gasteiger partial charge in [0.05, 0.1) is 17.2 Å². The number of hydrogen-bond donors (Lipinski definition) is 2. The maximum absolute atomic E-state index is 12.0. The summed E-state index contributed by atoms with van der Waals surface area (Å²) in [5, 5.41) is 12.4. The van der Waals surface area contributed by atoms with E-state index in [1.54, 1.807) is 36.4 Å². The molecule has 0 spiro atoms. The van der Waals surface area contributed by atoms with Gasteiger partial charge in [-0.25, -0.2) is 0 Å². The Kier molecular flexibility index (Phi) is 4.43.